The van der Waals surface area contributed by atoms with Gasteiger partial charge in [-0.3, -0.25) is 4.79 Å². The van der Waals surface area contributed by atoms with E-state index in [1.807, 2.05) is 4.90 Å². The lowest BCUT2D eigenvalue weighted by Gasteiger charge is -2.41. The van der Waals surface area contributed by atoms with Crippen LogP contribution >= 0.6 is 0 Å². The number of fused-ring (bicyclic) bond motifs is 2. The SMILES string of the molecule is CO[C@@H]1COCC[C@@H]1C[C@@H]1CC[C@@](C(=O)N2C[C@@H]3C(O)[C@H]2CN3c2cc(C(F)(F)F)ccn2)(C(C)C)C1. The molecule has 0 radical (unpaired) electrons. The second-order valence-electron chi connectivity index (χ2n) is 11.7. The fraction of sp³-hybridized carbons (Fsp3) is 0.778. The van der Waals surface area contributed by atoms with E-state index in [4.69, 9.17) is 9.47 Å². The Balaban J connectivity index is 1.29. The third kappa shape index (κ3) is 4.74. The maximum absolute atomic E-state index is 14.1. The number of methoxy groups -OCH3 is 1. The van der Waals surface area contributed by atoms with Crippen molar-refractivity contribution in [2.24, 2.45) is 23.2 Å². The Morgan fingerprint density at radius 1 is 1.30 bits per heavy atom. The number of ether oxygens (including phenoxy) is 2. The number of hydrogen-bond donors (Lipinski definition) is 1. The predicted octanol–water partition coefficient (Wildman–Crippen LogP) is 3.74. The third-order valence-corrected chi connectivity index (χ3v) is 9.55. The average molecular weight is 526 g/mol. The summed E-state index contributed by atoms with van der Waals surface area (Å²) in [6.45, 7) is 6.16. The maximum atomic E-state index is 14.1. The van der Waals surface area contributed by atoms with Gasteiger partial charge in [-0.15, -0.1) is 0 Å². The highest BCUT2D eigenvalue weighted by molar-refractivity contribution is 5.85. The summed E-state index contributed by atoms with van der Waals surface area (Å²) in [5, 5.41) is 11.0. The van der Waals surface area contributed by atoms with Crippen molar-refractivity contribution >= 4 is 11.7 Å². The van der Waals surface area contributed by atoms with Crippen LogP contribution in [0.3, 0.4) is 0 Å². The molecular formula is C27H38F3N3O4. The van der Waals surface area contributed by atoms with Crippen LogP contribution in [0.25, 0.3) is 0 Å². The Labute approximate surface area is 216 Å². The molecule has 1 aliphatic carbocycles. The molecule has 7 nitrogen and oxygen atoms in total. The van der Waals surface area contributed by atoms with Crippen molar-refractivity contribution in [3.8, 4) is 0 Å². The summed E-state index contributed by atoms with van der Waals surface area (Å²) in [4.78, 5) is 21.8. The van der Waals surface area contributed by atoms with Gasteiger partial charge in [-0.25, -0.2) is 4.98 Å². The molecule has 5 rings (SSSR count). The van der Waals surface area contributed by atoms with Crippen LogP contribution in [0.2, 0.25) is 0 Å². The molecule has 1 amide bonds. The number of carbonyl (C=O) groups is 1. The normalized spacial score (nSPS) is 36.1. The first-order chi connectivity index (χ1) is 17.5. The predicted molar refractivity (Wildman–Crippen MR) is 131 cm³/mol. The van der Waals surface area contributed by atoms with E-state index in [2.05, 4.69) is 18.8 Å². The molecule has 4 fully saturated rings. The summed E-state index contributed by atoms with van der Waals surface area (Å²) in [6.07, 6.45) is 0.587. The Kier molecular flexibility index (Phi) is 7.21. The molecule has 7 atom stereocenters. The minimum atomic E-state index is -4.46. The molecule has 1 unspecified atom stereocenters. The van der Waals surface area contributed by atoms with Crippen molar-refractivity contribution in [1.82, 2.24) is 9.88 Å². The first-order valence-electron chi connectivity index (χ1n) is 13.4. The van der Waals surface area contributed by atoms with E-state index in [0.717, 1.165) is 57.0 Å². The highest BCUT2D eigenvalue weighted by Crippen LogP contribution is 2.52. The van der Waals surface area contributed by atoms with E-state index in [-0.39, 0.29) is 30.3 Å². The summed E-state index contributed by atoms with van der Waals surface area (Å²) in [5.74, 6) is 1.29. The number of alkyl halides is 3. The van der Waals surface area contributed by atoms with E-state index >= 15 is 0 Å². The molecule has 4 aliphatic rings. The van der Waals surface area contributed by atoms with Crippen LogP contribution in [-0.4, -0.2) is 78.6 Å². The molecule has 10 heteroatoms. The van der Waals surface area contributed by atoms with Crippen molar-refractivity contribution in [3.63, 3.8) is 0 Å². The summed E-state index contributed by atoms with van der Waals surface area (Å²) < 4.78 is 51.0. The van der Waals surface area contributed by atoms with E-state index < -0.39 is 35.3 Å². The summed E-state index contributed by atoms with van der Waals surface area (Å²) >= 11 is 0. The molecule has 1 aromatic rings. The van der Waals surface area contributed by atoms with Crippen LogP contribution in [0.4, 0.5) is 19.0 Å². The first kappa shape index (κ1) is 26.7. The van der Waals surface area contributed by atoms with Gasteiger partial charge in [0.05, 0.1) is 41.9 Å². The van der Waals surface area contributed by atoms with Gasteiger partial charge >= 0.3 is 6.18 Å². The molecule has 3 aliphatic heterocycles. The third-order valence-electron chi connectivity index (χ3n) is 9.55. The number of nitrogens with zero attached hydrogens (tertiary/aromatic N) is 3. The number of piperazine rings is 1. The van der Waals surface area contributed by atoms with Crippen molar-refractivity contribution < 1.29 is 32.5 Å². The number of aliphatic hydroxyl groups excluding tert-OH is 1. The lowest BCUT2D eigenvalue weighted by Crippen LogP contribution is -2.54. The number of likely N-dealkylation sites (tertiary alicyclic amines) is 1. The van der Waals surface area contributed by atoms with Crippen molar-refractivity contribution in [2.45, 2.75) is 76.4 Å². The van der Waals surface area contributed by atoms with Crippen LogP contribution in [0, 0.1) is 23.2 Å². The van der Waals surface area contributed by atoms with Crippen LogP contribution in [-0.2, 0) is 20.4 Å². The van der Waals surface area contributed by atoms with Crippen molar-refractivity contribution in [1.29, 1.82) is 0 Å². The van der Waals surface area contributed by atoms with Crippen molar-refractivity contribution in [2.75, 3.05) is 38.3 Å². The lowest BCUT2D eigenvalue weighted by molar-refractivity contribution is -0.147. The number of anilines is 1. The van der Waals surface area contributed by atoms with Gasteiger partial charge in [-0.1, -0.05) is 13.8 Å². The quantitative estimate of drug-likeness (QED) is 0.610. The number of halogens is 3. The van der Waals surface area contributed by atoms with Crippen LogP contribution in [0.15, 0.2) is 18.3 Å². The number of hydrogen-bond acceptors (Lipinski definition) is 6. The topological polar surface area (TPSA) is 75.1 Å². The largest absolute Gasteiger partial charge is 0.416 e. The van der Waals surface area contributed by atoms with E-state index in [1.54, 1.807) is 12.0 Å². The molecule has 3 saturated heterocycles. The molecular weight excluding hydrogens is 487 g/mol. The minimum Gasteiger partial charge on any atom is -0.389 e. The van der Waals surface area contributed by atoms with Crippen LogP contribution in [0.5, 0.6) is 0 Å². The molecule has 4 heterocycles. The summed E-state index contributed by atoms with van der Waals surface area (Å²) in [6, 6.07) is 1.07. The minimum absolute atomic E-state index is 0.0865. The second-order valence-corrected chi connectivity index (χ2v) is 11.7. The van der Waals surface area contributed by atoms with Gasteiger partial charge < -0.3 is 24.4 Å². The fourth-order valence-corrected chi connectivity index (χ4v) is 7.31. The van der Waals surface area contributed by atoms with Crippen molar-refractivity contribution in [3.05, 3.63) is 23.9 Å². The van der Waals surface area contributed by atoms with Gasteiger partial charge in [0.2, 0.25) is 5.91 Å². The van der Waals surface area contributed by atoms with Gasteiger partial charge in [0.25, 0.3) is 0 Å². The Bertz CT molecular complexity index is 992. The Morgan fingerprint density at radius 3 is 2.73 bits per heavy atom. The highest BCUT2D eigenvalue weighted by atomic mass is 19.4. The second kappa shape index (κ2) is 10.0. The first-order valence-corrected chi connectivity index (χ1v) is 13.4. The van der Waals surface area contributed by atoms with Crippen LogP contribution in [0.1, 0.15) is 51.5 Å². The molecule has 206 valence electrons. The van der Waals surface area contributed by atoms with E-state index in [1.165, 1.54) is 0 Å². The maximum Gasteiger partial charge on any atom is 0.416 e. The van der Waals surface area contributed by atoms with Gasteiger partial charge in [0.15, 0.2) is 0 Å². The smallest absolute Gasteiger partial charge is 0.389 e. The molecule has 1 saturated carbocycles. The zero-order valence-electron chi connectivity index (χ0n) is 21.8. The molecule has 1 N–H and O–H groups in total. The number of aliphatic hydroxyl groups is 1. The number of pyridine rings is 1. The lowest BCUT2D eigenvalue weighted by atomic mass is 9.73. The van der Waals surface area contributed by atoms with E-state index in [9.17, 15) is 23.1 Å². The van der Waals surface area contributed by atoms with E-state index in [0.29, 0.717) is 25.0 Å². The Morgan fingerprint density at radius 2 is 2.08 bits per heavy atom. The zero-order valence-corrected chi connectivity index (χ0v) is 21.8. The highest BCUT2D eigenvalue weighted by Gasteiger charge is 2.58. The number of aromatic nitrogens is 1. The standard InChI is InChI=1S/C27H38F3N3O4/c1-16(2)26(7-4-17(12-26)10-18-6-9-37-15-22(18)36-3)25(35)33-14-20-24(34)21(33)13-32(20)23-11-19(5-8-31-23)27(28,29)30/h5,8,11,16-18,20-22,24,34H,4,6-7,9-10,12-15H2,1-3H3/t17-,18+,20+,21+,22+,24?,26-/m0/s1. The van der Waals surface area contributed by atoms with Gasteiger partial charge in [-0.2, -0.15) is 13.2 Å². The number of rotatable bonds is 6. The van der Waals surface area contributed by atoms with Crippen LogP contribution < -0.4 is 4.90 Å². The monoisotopic (exact) mass is 525 g/mol. The fourth-order valence-electron chi connectivity index (χ4n) is 7.31. The average Bonchev–Trinajstić information content (AvgIpc) is 3.55. The Hall–Kier alpha value is -1.91. The van der Waals surface area contributed by atoms with Gasteiger partial charge in [0, 0.05) is 33.0 Å². The molecule has 1 aromatic heterocycles. The molecule has 37 heavy (non-hydrogen) atoms. The molecule has 0 aromatic carbocycles. The summed E-state index contributed by atoms with van der Waals surface area (Å²) in [5.41, 5.74) is -1.25. The number of carbonyl (C=O) groups excluding carboxylic acids is 1. The molecule has 2 bridgehead atoms. The van der Waals surface area contributed by atoms with Gasteiger partial charge in [0.1, 0.15) is 5.82 Å². The molecule has 0 spiro atoms. The summed E-state index contributed by atoms with van der Waals surface area (Å²) in [7, 11) is 1.73. The zero-order chi connectivity index (χ0) is 26.5. The van der Waals surface area contributed by atoms with Gasteiger partial charge in [-0.05, 0) is 62.0 Å². The number of amides is 1.